The van der Waals surface area contributed by atoms with Gasteiger partial charge in [0.25, 0.3) is 0 Å². The maximum absolute atomic E-state index is 13.6. The predicted octanol–water partition coefficient (Wildman–Crippen LogP) is 3.25. The van der Waals surface area contributed by atoms with Gasteiger partial charge in [-0.1, -0.05) is 45.8 Å². The Bertz CT molecular complexity index is 988. The van der Waals surface area contributed by atoms with Gasteiger partial charge < -0.3 is 24.8 Å². The second kappa shape index (κ2) is 8.84. The van der Waals surface area contributed by atoms with Gasteiger partial charge in [-0.25, -0.2) is 0 Å². The van der Waals surface area contributed by atoms with Crippen molar-refractivity contribution in [2.75, 3.05) is 6.61 Å². The van der Waals surface area contributed by atoms with Crippen LogP contribution in [0.1, 0.15) is 79.1 Å². The number of carbonyl (C=O) groups excluding carboxylic acids is 2. The summed E-state index contributed by atoms with van der Waals surface area (Å²) < 4.78 is 13.4. The first-order chi connectivity index (χ1) is 17.0. The third-order valence-electron chi connectivity index (χ3n) is 10.6. The molecule has 5 rings (SSSR count). The van der Waals surface area contributed by atoms with Crippen molar-refractivity contribution in [3.63, 3.8) is 0 Å². The molecule has 0 radical (unpaired) electrons. The number of Topliss-reactive ketones (excluding diaryl/α,β-unsaturated/α-hetero) is 1. The van der Waals surface area contributed by atoms with Gasteiger partial charge in [-0.05, 0) is 62.5 Å². The fraction of sp³-hybridized carbons (Fsp3) is 0.793. The molecule has 1 saturated heterocycles. The molecule has 0 amide bonds. The van der Waals surface area contributed by atoms with Crippen molar-refractivity contribution in [1.29, 1.82) is 0 Å². The third-order valence-corrected chi connectivity index (χ3v) is 10.6. The van der Waals surface area contributed by atoms with Gasteiger partial charge >= 0.3 is 0 Å². The number of allylic oxidation sites excluding steroid dienone is 4. The van der Waals surface area contributed by atoms with E-state index in [0.29, 0.717) is 25.7 Å². The molecule has 1 heterocycles. The number of aliphatic hydroxyl groups is 3. The zero-order valence-electron chi connectivity index (χ0n) is 22.0. The lowest BCUT2D eigenvalue weighted by atomic mass is 9.46. The van der Waals surface area contributed by atoms with Crippen LogP contribution in [-0.2, 0) is 19.1 Å². The maximum atomic E-state index is 13.6. The molecule has 0 spiro atoms. The Balaban J connectivity index is 1.53. The fourth-order valence-electron chi connectivity index (χ4n) is 9.05. The van der Waals surface area contributed by atoms with E-state index in [1.165, 1.54) is 0 Å². The van der Waals surface area contributed by atoms with E-state index in [9.17, 15) is 24.9 Å². The number of aliphatic hydroxyl groups excluding tert-OH is 3. The van der Waals surface area contributed by atoms with Crippen LogP contribution in [0.2, 0.25) is 0 Å². The molecule has 3 N–H and O–H groups in total. The van der Waals surface area contributed by atoms with Crippen LogP contribution >= 0.6 is 0 Å². The summed E-state index contributed by atoms with van der Waals surface area (Å²) in [5.74, 6) is -1.37. The van der Waals surface area contributed by atoms with E-state index in [4.69, 9.17) is 9.47 Å². The van der Waals surface area contributed by atoms with Crippen molar-refractivity contribution in [1.82, 2.24) is 0 Å². The Morgan fingerprint density at radius 3 is 2.69 bits per heavy atom. The second-order valence-electron chi connectivity index (χ2n) is 12.4. The number of rotatable bonds is 7. The highest BCUT2D eigenvalue weighted by molar-refractivity contribution is 6.01. The molecule has 0 aromatic heterocycles. The van der Waals surface area contributed by atoms with Crippen LogP contribution < -0.4 is 0 Å². The average Bonchev–Trinajstić information content (AvgIpc) is 3.28. The lowest BCUT2D eigenvalue weighted by Crippen LogP contribution is -2.64. The maximum Gasteiger partial charge on any atom is 0.193 e. The van der Waals surface area contributed by atoms with Crippen molar-refractivity contribution in [3.05, 3.63) is 23.8 Å². The summed E-state index contributed by atoms with van der Waals surface area (Å²) in [5.41, 5.74) is -1.41. The highest BCUT2D eigenvalue weighted by Crippen LogP contribution is 2.70. The summed E-state index contributed by atoms with van der Waals surface area (Å²) >= 11 is 0. The van der Waals surface area contributed by atoms with E-state index in [-0.39, 0.29) is 30.0 Å². The number of fused-ring (bicyclic) bond motifs is 7. The van der Waals surface area contributed by atoms with E-state index < -0.39 is 52.9 Å². The lowest BCUT2D eigenvalue weighted by molar-refractivity contribution is -0.248. The summed E-state index contributed by atoms with van der Waals surface area (Å²) in [4.78, 5) is 25.7. The largest absolute Gasteiger partial charge is 0.393 e. The molecule has 4 aliphatic carbocycles. The molecule has 3 saturated carbocycles. The van der Waals surface area contributed by atoms with Gasteiger partial charge in [0.1, 0.15) is 6.61 Å². The predicted molar refractivity (Wildman–Crippen MR) is 133 cm³/mol. The topological polar surface area (TPSA) is 113 Å². The van der Waals surface area contributed by atoms with Gasteiger partial charge in [-0.2, -0.15) is 0 Å². The molecule has 4 fully saturated rings. The first-order valence-electron chi connectivity index (χ1n) is 13.8. The van der Waals surface area contributed by atoms with Crippen LogP contribution in [0.25, 0.3) is 0 Å². The number of ketones is 2. The van der Waals surface area contributed by atoms with Crippen LogP contribution in [0, 0.1) is 28.6 Å². The number of carbonyl (C=O) groups is 2. The zero-order valence-corrected chi connectivity index (χ0v) is 22.0. The molecule has 1 aliphatic heterocycles. The summed E-state index contributed by atoms with van der Waals surface area (Å²) in [6.45, 7) is 7.46. The highest BCUT2D eigenvalue weighted by atomic mass is 16.8. The first-order valence-corrected chi connectivity index (χ1v) is 13.8. The molecule has 0 aromatic carbocycles. The molecule has 0 aromatic rings. The molecule has 36 heavy (non-hydrogen) atoms. The number of hydrogen-bond donors (Lipinski definition) is 3. The average molecular weight is 503 g/mol. The third kappa shape index (κ3) is 3.42. The van der Waals surface area contributed by atoms with Crippen molar-refractivity contribution in [2.24, 2.45) is 28.6 Å². The van der Waals surface area contributed by atoms with Gasteiger partial charge in [-0.3, -0.25) is 9.59 Å². The molecule has 200 valence electrons. The molecule has 10 atom stereocenters. The molecule has 7 heteroatoms. The van der Waals surface area contributed by atoms with Gasteiger partial charge in [0.2, 0.25) is 0 Å². The minimum absolute atomic E-state index is 0.00178. The molecular formula is C29H42O7. The van der Waals surface area contributed by atoms with E-state index in [0.717, 1.165) is 24.8 Å². The number of ether oxygens (including phenoxy) is 2. The summed E-state index contributed by atoms with van der Waals surface area (Å²) in [6, 6.07) is 0. The lowest BCUT2D eigenvalue weighted by Gasteiger charge is -2.60. The van der Waals surface area contributed by atoms with E-state index >= 15 is 0 Å². The monoisotopic (exact) mass is 502 g/mol. The second-order valence-corrected chi connectivity index (χ2v) is 12.4. The van der Waals surface area contributed by atoms with Crippen molar-refractivity contribution in [2.45, 2.75) is 109 Å². The van der Waals surface area contributed by atoms with Crippen LogP contribution in [0.5, 0.6) is 0 Å². The minimum atomic E-state index is -1.37. The number of hydrogen-bond acceptors (Lipinski definition) is 7. The Kier molecular flexibility index (Phi) is 6.44. The van der Waals surface area contributed by atoms with E-state index in [1.807, 2.05) is 26.8 Å². The quantitative estimate of drug-likeness (QED) is 0.490. The molecule has 3 unspecified atom stereocenters. The van der Waals surface area contributed by atoms with Gasteiger partial charge in [0, 0.05) is 23.2 Å². The van der Waals surface area contributed by atoms with Crippen molar-refractivity contribution < 1.29 is 34.4 Å². The van der Waals surface area contributed by atoms with Crippen LogP contribution in [-0.4, -0.2) is 63.2 Å². The summed E-state index contributed by atoms with van der Waals surface area (Å²) in [7, 11) is 0. The smallest absolute Gasteiger partial charge is 0.193 e. The van der Waals surface area contributed by atoms with E-state index in [2.05, 4.69) is 6.92 Å². The van der Waals surface area contributed by atoms with Crippen LogP contribution in [0.4, 0.5) is 0 Å². The Morgan fingerprint density at radius 1 is 1.28 bits per heavy atom. The minimum Gasteiger partial charge on any atom is -0.393 e. The van der Waals surface area contributed by atoms with Gasteiger partial charge in [-0.15, -0.1) is 0 Å². The molecular weight excluding hydrogens is 460 g/mol. The van der Waals surface area contributed by atoms with Gasteiger partial charge in [0.15, 0.2) is 23.0 Å². The van der Waals surface area contributed by atoms with Gasteiger partial charge in [0.05, 0.1) is 18.3 Å². The van der Waals surface area contributed by atoms with Crippen LogP contribution in [0.3, 0.4) is 0 Å². The SMILES string of the molecule is CCCC(O)CC1(CC)O[C@@H]2C[C@H]3[C@@H]4CCC5=CC(=O)C=C[C@]5(C)[C@H]4C(O)C[C@]3(C)[C@]2(C(=O)CO)O1. The summed E-state index contributed by atoms with van der Waals surface area (Å²) in [5, 5.41) is 32.5. The highest BCUT2D eigenvalue weighted by Gasteiger charge is 2.77. The molecule has 5 aliphatic rings. The molecule has 7 nitrogen and oxygen atoms in total. The zero-order chi connectivity index (χ0) is 26.1. The first kappa shape index (κ1) is 26.2. The standard InChI is InChI=1S/C29H42O7/c1-5-7-19(32)14-28(6-2)35-24-13-21-20-9-8-17-12-18(31)10-11-26(17,3)25(20)22(33)15-27(21,4)29(24,36-28)23(34)16-30/h10-12,19-22,24-25,30,32-33H,5-9,13-16H2,1-4H3/t19?,20-,21-,22?,24+,25+,26-,27-,28?,29+/m0/s1. The van der Waals surface area contributed by atoms with Crippen molar-refractivity contribution in [3.8, 4) is 0 Å². The van der Waals surface area contributed by atoms with E-state index in [1.54, 1.807) is 12.2 Å². The Labute approximate surface area is 213 Å². The van der Waals surface area contributed by atoms with Crippen LogP contribution in [0.15, 0.2) is 23.8 Å². The Morgan fingerprint density at radius 2 is 2.03 bits per heavy atom. The van der Waals surface area contributed by atoms with Crippen molar-refractivity contribution >= 4 is 11.6 Å². The fourth-order valence-corrected chi connectivity index (χ4v) is 9.05. The summed E-state index contributed by atoms with van der Waals surface area (Å²) in [6.07, 6.45) is 8.25. The molecule has 0 bridgehead atoms. The Hall–Kier alpha value is -1.38. The normalized spacial score (nSPS) is 48.0.